The van der Waals surface area contributed by atoms with Crippen molar-refractivity contribution in [3.05, 3.63) is 58.5 Å². The van der Waals surface area contributed by atoms with Gasteiger partial charge in [-0.1, -0.05) is 35.8 Å². The standard InChI is InChI=1S/C17H18ClN5O2/c1-4-14-12(9-19-23(14)15-8-6-5-7-13(15)18)17(24)22(3)10-16-20-11(2)25-21-16/h5-9H,4,10H2,1-3H3. The molecule has 0 aliphatic carbocycles. The lowest BCUT2D eigenvalue weighted by Crippen LogP contribution is -2.27. The Kier molecular flexibility index (Phi) is 4.85. The van der Waals surface area contributed by atoms with Gasteiger partial charge in [0.25, 0.3) is 5.91 Å². The summed E-state index contributed by atoms with van der Waals surface area (Å²) in [6.07, 6.45) is 2.21. The van der Waals surface area contributed by atoms with Gasteiger partial charge >= 0.3 is 0 Å². The number of aryl methyl sites for hydroxylation is 1. The summed E-state index contributed by atoms with van der Waals surface area (Å²) in [6, 6.07) is 7.40. The van der Waals surface area contributed by atoms with Crippen LogP contribution in [0.4, 0.5) is 0 Å². The Balaban J connectivity index is 1.89. The molecule has 1 amide bonds. The third kappa shape index (κ3) is 3.41. The molecule has 0 spiro atoms. The lowest BCUT2D eigenvalue weighted by atomic mass is 10.1. The van der Waals surface area contributed by atoms with Gasteiger partial charge in [0.2, 0.25) is 5.89 Å². The summed E-state index contributed by atoms with van der Waals surface area (Å²) in [6.45, 7) is 3.95. The number of benzene rings is 1. The third-order valence-corrected chi connectivity index (χ3v) is 4.13. The molecule has 130 valence electrons. The number of hydrogen-bond acceptors (Lipinski definition) is 5. The molecule has 0 saturated carbocycles. The highest BCUT2D eigenvalue weighted by molar-refractivity contribution is 6.32. The number of hydrogen-bond donors (Lipinski definition) is 0. The minimum Gasteiger partial charge on any atom is -0.340 e. The average molecular weight is 360 g/mol. The molecule has 0 N–H and O–H groups in total. The molecule has 0 unspecified atom stereocenters. The maximum absolute atomic E-state index is 12.8. The van der Waals surface area contributed by atoms with E-state index >= 15 is 0 Å². The Morgan fingerprint density at radius 2 is 2.12 bits per heavy atom. The Morgan fingerprint density at radius 3 is 2.76 bits per heavy atom. The van der Waals surface area contributed by atoms with Crippen molar-refractivity contribution in [2.45, 2.75) is 26.8 Å². The zero-order valence-corrected chi connectivity index (χ0v) is 15.0. The second kappa shape index (κ2) is 7.06. The summed E-state index contributed by atoms with van der Waals surface area (Å²) in [4.78, 5) is 18.5. The van der Waals surface area contributed by atoms with E-state index in [-0.39, 0.29) is 12.5 Å². The van der Waals surface area contributed by atoms with Crippen LogP contribution in [0.15, 0.2) is 35.0 Å². The van der Waals surface area contributed by atoms with Crippen molar-refractivity contribution < 1.29 is 9.32 Å². The van der Waals surface area contributed by atoms with Crippen LogP contribution in [0.1, 0.15) is 34.7 Å². The van der Waals surface area contributed by atoms with E-state index < -0.39 is 0 Å². The van der Waals surface area contributed by atoms with Crippen LogP contribution >= 0.6 is 11.6 Å². The molecule has 7 nitrogen and oxygen atoms in total. The van der Waals surface area contributed by atoms with E-state index in [2.05, 4.69) is 15.2 Å². The summed E-state index contributed by atoms with van der Waals surface area (Å²) >= 11 is 6.27. The van der Waals surface area contributed by atoms with Gasteiger partial charge in [-0.05, 0) is 18.6 Å². The van der Waals surface area contributed by atoms with E-state index in [1.54, 1.807) is 30.9 Å². The van der Waals surface area contributed by atoms with Crippen LogP contribution in [0.5, 0.6) is 0 Å². The van der Waals surface area contributed by atoms with Crippen LogP contribution in [-0.4, -0.2) is 37.8 Å². The molecule has 3 rings (SSSR count). The summed E-state index contributed by atoms with van der Waals surface area (Å²) in [5.41, 5.74) is 2.08. The first-order chi connectivity index (χ1) is 12.0. The smallest absolute Gasteiger partial charge is 0.257 e. The molecular formula is C17H18ClN5O2. The highest BCUT2D eigenvalue weighted by Crippen LogP contribution is 2.23. The van der Waals surface area contributed by atoms with Crippen LogP contribution < -0.4 is 0 Å². The molecule has 0 fully saturated rings. The predicted octanol–water partition coefficient (Wildman–Crippen LogP) is 3.05. The molecule has 0 saturated heterocycles. The van der Waals surface area contributed by atoms with Crippen LogP contribution in [0.3, 0.4) is 0 Å². The van der Waals surface area contributed by atoms with Gasteiger partial charge in [-0.2, -0.15) is 10.1 Å². The monoisotopic (exact) mass is 359 g/mol. The molecule has 3 aromatic rings. The maximum atomic E-state index is 12.8. The molecule has 0 radical (unpaired) electrons. The minimum absolute atomic E-state index is 0.155. The number of halogens is 1. The predicted molar refractivity (Wildman–Crippen MR) is 92.8 cm³/mol. The Hall–Kier alpha value is -2.67. The van der Waals surface area contributed by atoms with Gasteiger partial charge in [-0.25, -0.2) is 4.68 Å². The quantitative estimate of drug-likeness (QED) is 0.699. The molecule has 0 aliphatic rings. The summed E-state index contributed by atoms with van der Waals surface area (Å²) in [5, 5.41) is 8.77. The van der Waals surface area contributed by atoms with Gasteiger partial charge in [0.15, 0.2) is 5.82 Å². The van der Waals surface area contributed by atoms with Crippen molar-refractivity contribution in [3.8, 4) is 5.69 Å². The molecule has 2 heterocycles. The molecule has 8 heteroatoms. The van der Waals surface area contributed by atoms with Crippen molar-refractivity contribution in [3.63, 3.8) is 0 Å². The van der Waals surface area contributed by atoms with Gasteiger partial charge in [-0.3, -0.25) is 4.79 Å². The fourth-order valence-electron chi connectivity index (χ4n) is 2.62. The molecule has 2 aromatic heterocycles. The lowest BCUT2D eigenvalue weighted by Gasteiger charge is -2.15. The highest BCUT2D eigenvalue weighted by atomic mass is 35.5. The van der Waals surface area contributed by atoms with Crippen molar-refractivity contribution in [1.29, 1.82) is 0 Å². The number of carbonyl (C=O) groups is 1. The number of carbonyl (C=O) groups excluding carboxylic acids is 1. The highest BCUT2D eigenvalue weighted by Gasteiger charge is 2.22. The van der Waals surface area contributed by atoms with Crippen molar-refractivity contribution in [2.24, 2.45) is 0 Å². The van der Waals surface area contributed by atoms with E-state index in [0.29, 0.717) is 28.7 Å². The van der Waals surface area contributed by atoms with Gasteiger partial charge in [0, 0.05) is 14.0 Å². The molecule has 25 heavy (non-hydrogen) atoms. The van der Waals surface area contributed by atoms with Gasteiger partial charge < -0.3 is 9.42 Å². The van der Waals surface area contributed by atoms with E-state index in [9.17, 15) is 4.79 Å². The van der Waals surface area contributed by atoms with Crippen molar-refractivity contribution in [2.75, 3.05) is 7.05 Å². The Bertz CT molecular complexity index is 902. The van der Waals surface area contributed by atoms with Crippen LogP contribution in [0, 0.1) is 6.92 Å². The molecule has 0 aliphatic heterocycles. The van der Waals surface area contributed by atoms with Gasteiger partial charge in [0.1, 0.15) is 0 Å². The zero-order chi connectivity index (χ0) is 18.0. The summed E-state index contributed by atoms with van der Waals surface area (Å²) < 4.78 is 6.65. The first-order valence-corrected chi connectivity index (χ1v) is 8.25. The van der Waals surface area contributed by atoms with E-state index in [0.717, 1.165) is 11.4 Å². The molecule has 0 bridgehead atoms. The number of para-hydroxylation sites is 1. The first-order valence-electron chi connectivity index (χ1n) is 7.87. The third-order valence-electron chi connectivity index (χ3n) is 3.81. The normalized spacial score (nSPS) is 10.9. The number of rotatable bonds is 5. The Labute approximate surface area is 150 Å². The molecule has 1 aromatic carbocycles. The van der Waals surface area contributed by atoms with Gasteiger partial charge in [0.05, 0.1) is 34.7 Å². The average Bonchev–Trinajstić information content (AvgIpc) is 3.20. The second-order valence-electron chi connectivity index (χ2n) is 5.61. The van der Waals surface area contributed by atoms with Crippen LogP contribution in [0.25, 0.3) is 5.69 Å². The van der Waals surface area contributed by atoms with Crippen molar-refractivity contribution >= 4 is 17.5 Å². The number of aromatic nitrogens is 4. The lowest BCUT2D eigenvalue weighted by molar-refractivity contribution is 0.0779. The number of nitrogens with zero attached hydrogens (tertiary/aromatic N) is 5. The topological polar surface area (TPSA) is 77.1 Å². The van der Waals surface area contributed by atoms with Crippen molar-refractivity contribution in [1.82, 2.24) is 24.8 Å². The summed E-state index contributed by atoms with van der Waals surface area (Å²) in [7, 11) is 1.69. The Morgan fingerprint density at radius 1 is 1.36 bits per heavy atom. The van der Waals surface area contributed by atoms with Gasteiger partial charge in [-0.15, -0.1) is 0 Å². The van der Waals surface area contributed by atoms with Crippen LogP contribution in [0.2, 0.25) is 5.02 Å². The second-order valence-corrected chi connectivity index (χ2v) is 6.02. The van der Waals surface area contributed by atoms with E-state index in [1.807, 2.05) is 25.1 Å². The molecular weight excluding hydrogens is 342 g/mol. The maximum Gasteiger partial charge on any atom is 0.257 e. The first kappa shape index (κ1) is 17.2. The summed E-state index contributed by atoms with van der Waals surface area (Å²) in [5.74, 6) is 0.777. The zero-order valence-electron chi connectivity index (χ0n) is 14.2. The SMILES string of the molecule is CCc1c(C(=O)N(C)Cc2noc(C)n2)cnn1-c1ccccc1Cl. The fraction of sp³-hybridized carbons (Fsp3) is 0.294. The van der Waals surface area contributed by atoms with Crippen LogP contribution in [-0.2, 0) is 13.0 Å². The minimum atomic E-state index is -0.155. The number of amides is 1. The largest absolute Gasteiger partial charge is 0.340 e. The molecule has 0 atom stereocenters. The van der Waals surface area contributed by atoms with E-state index in [1.165, 1.54) is 4.90 Å². The fourth-order valence-corrected chi connectivity index (χ4v) is 2.83. The van der Waals surface area contributed by atoms with E-state index in [4.69, 9.17) is 16.1 Å².